The van der Waals surface area contributed by atoms with Gasteiger partial charge in [-0.05, 0) is 43.9 Å². The van der Waals surface area contributed by atoms with Gasteiger partial charge in [-0.1, -0.05) is 0 Å². The van der Waals surface area contributed by atoms with Gasteiger partial charge in [0.2, 0.25) is 0 Å². The van der Waals surface area contributed by atoms with Gasteiger partial charge < -0.3 is 5.32 Å². The number of rotatable bonds is 2. The van der Waals surface area contributed by atoms with E-state index in [9.17, 15) is 4.79 Å². The maximum absolute atomic E-state index is 12.5. The summed E-state index contributed by atoms with van der Waals surface area (Å²) in [5.41, 5.74) is 4.92. The van der Waals surface area contributed by atoms with E-state index in [2.05, 4.69) is 25.5 Å². The fourth-order valence-electron chi connectivity index (χ4n) is 2.90. The molecule has 2 aromatic heterocycles. The van der Waals surface area contributed by atoms with Crippen LogP contribution in [0.5, 0.6) is 0 Å². The van der Waals surface area contributed by atoms with Gasteiger partial charge in [0.05, 0.1) is 11.0 Å². The minimum absolute atomic E-state index is 0.178. The predicted molar refractivity (Wildman–Crippen MR) is 82.7 cm³/mol. The number of anilines is 1. The van der Waals surface area contributed by atoms with E-state index < -0.39 is 0 Å². The van der Waals surface area contributed by atoms with Gasteiger partial charge in [0.25, 0.3) is 5.91 Å². The van der Waals surface area contributed by atoms with Gasteiger partial charge in [-0.25, -0.2) is 0 Å². The number of aryl methyl sites for hydroxylation is 1. The molecule has 0 fully saturated rings. The van der Waals surface area contributed by atoms with Gasteiger partial charge >= 0.3 is 0 Å². The quantitative estimate of drug-likeness (QED) is 0.760. The van der Waals surface area contributed by atoms with E-state index in [1.54, 1.807) is 12.4 Å². The molecule has 1 aromatic carbocycles. The smallest absolute Gasteiger partial charge is 0.276 e. The van der Waals surface area contributed by atoms with Crippen LogP contribution in [0.4, 0.5) is 5.69 Å². The maximum Gasteiger partial charge on any atom is 0.276 e. The van der Waals surface area contributed by atoms with Gasteiger partial charge in [0.15, 0.2) is 5.69 Å². The van der Waals surface area contributed by atoms with Crippen molar-refractivity contribution in [2.75, 3.05) is 5.32 Å². The topological polar surface area (TPSA) is 83.6 Å². The molecule has 0 atom stereocenters. The summed E-state index contributed by atoms with van der Waals surface area (Å²) in [6, 6.07) is 5.49. The van der Waals surface area contributed by atoms with Crippen molar-refractivity contribution in [3.8, 4) is 0 Å². The standard InChI is InChI=1S/C16H15N5O/c22-16(15-11-3-1-2-4-12(11)20-21-15)19-10-5-6-13-14(9-10)18-8-7-17-13/h5-9H,1-4H2,(H,19,22)(H,20,21). The Kier molecular flexibility index (Phi) is 3.07. The fraction of sp³-hybridized carbons (Fsp3) is 0.250. The van der Waals surface area contributed by atoms with Crippen LogP contribution in [-0.4, -0.2) is 26.1 Å². The van der Waals surface area contributed by atoms with E-state index in [1.807, 2.05) is 18.2 Å². The van der Waals surface area contributed by atoms with E-state index in [-0.39, 0.29) is 5.91 Å². The first-order valence-corrected chi connectivity index (χ1v) is 7.39. The highest BCUT2D eigenvalue weighted by Crippen LogP contribution is 2.23. The molecule has 1 amide bonds. The normalized spacial score (nSPS) is 13.8. The number of hydrogen-bond acceptors (Lipinski definition) is 4. The molecule has 6 nitrogen and oxygen atoms in total. The number of H-pyrrole nitrogens is 1. The Bertz CT molecular complexity index is 855. The fourth-order valence-corrected chi connectivity index (χ4v) is 2.90. The first kappa shape index (κ1) is 12.9. The van der Waals surface area contributed by atoms with Crippen LogP contribution < -0.4 is 5.32 Å². The monoisotopic (exact) mass is 293 g/mol. The third-order valence-corrected chi connectivity index (χ3v) is 4.00. The summed E-state index contributed by atoms with van der Waals surface area (Å²) in [5, 5.41) is 10.1. The van der Waals surface area contributed by atoms with Crippen molar-refractivity contribution in [1.29, 1.82) is 0 Å². The average molecular weight is 293 g/mol. The minimum atomic E-state index is -0.178. The lowest BCUT2D eigenvalue weighted by Gasteiger charge is -2.11. The van der Waals surface area contributed by atoms with E-state index in [0.29, 0.717) is 11.4 Å². The Morgan fingerprint density at radius 1 is 1.09 bits per heavy atom. The third kappa shape index (κ3) is 2.22. The number of aromatic amines is 1. The second-order valence-electron chi connectivity index (χ2n) is 5.45. The molecular formula is C16H15N5O. The predicted octanol–water partition coefficient (Wildman–Crippen LogP) is 2.48. The summed E-state index contributed by atoms with van der Waals surface area (Å²) in [6.07, 6.45) is 7.44. The van der Waals surface area contributed by atoms with Crippen LogP contribution in [-0.2, 0) is 12.8 Å². The number of aromatic nitrogens is 4. The first-order chi connectivity index (χ1) is 10.8. The lowest BCUT2D eigenvalue weighted by atomic mass is 9.96. The van der Waals surface area contributed by atoms with E-state index in [4.69, 9.17) is 0 Å². The number of hydrogen-bond donors (Lipinski definition) is 2. The second-order valence-corrected chi connectivity index (χ2v) is 5.45. The maximum atomic E-state index is 12.5. The summed E-state index contributed by atoms with van der Waals surface area (Å²) in [7, 11) is 0. The lowest BCUT2D eigenvalue weighted by molar-refractivity contribution is 0.102. The zero-order valence-corrected chi connectivity index (χ0v) is 12.0. The number of nitrogens with zero attached hydrogens (tertiary/aromatic N) is 3. The van der Waals surface area contributed by atoms with Crippen molar-refractivity contribution < 1.29 is 4.79 Å². The Morgan fingerprint density at radius 3 is 2.82 bits per heavy atom. The lowest BCUT2D eigenvalue weighted by Crippen LogP contribution is -2.15. The molecule has 0 spiro atoms. The number of benzene rings is 1. The van der Waals surface area contributed by atoms with Crippen molar-refractivity contribution in [2.45, 2.75) is 25.7 Å². The van der Waals surface area contributed by atoms with Crippen molar-refractivity contribution in [3.05, 3.63) is 47.5 Å². The molecule has 4 rings (SSSR count). The van der Waals surface area contributed by atoms with Gasteiger partial charge in [0, 0.05) is 29.3 Å². The van der Waals surface area contributed by atoms with Gasteiger partial charge in [0.1, 0.15) is 0 Å². The Morgan fingerprint density at radius 2 is 1.91 bits per heavy atom. The Labute approximate surface area is 127 Å². The third-order valence-electron chi connectivity index (χ3n) is 4.00. The van der Waals surface area contributed by atoms with E-state index >= 15 is 0 Å². The first-order valence-electron chi connectivity index (χ1n) is 7.39. The zero-order valence-electron chi connectivity index (χ0n) is 12.0. The number of amides is 1. The van der Waals surface area contributed by atoms with Gasteiger partial charge in [-0.15, -0.1) is 0 Å². The SMILES string of the molecule is O=C(Nc1ccc2nccnc2c1)c1n[nH]c2c1CCCC2. The Hall–Kier alpha value is -2.76. The van der Waals surface area contributed by atoms with Crippen LogP contribution in [0.1, 0.15) is 34.6 Å². The number of carbonyl (C=O) groups excluding carboxylic acids is 1. The molecule has 110 valence electrons. The van der Waals surface area contributed by atoms with E-state index in [0.717, 1.165) is 48.0 Å². The molecule has 0 saturated carbocycles. The van der Waals surface area contributed by atoms with Crippen LogP contribution in [0.3, 0.4) is 0 Å². The molecule has 0 aliphatic heterocycles. The van der Waals surface area contributed by atoms with E-state index in [1.165, 1.54) is 0 Å². The van der Waals surface area contributed by atoms with Crippen molar-refractivity contribution in [1.82, 2.24) is 20.2 Å². The highest BCUT2D eigenvalue weighted by molar-refractivity contribution is 6.04. The Balaban J connectivity index is 1.62. The van der Waals surface area contributed by atoms with Gasteiger partial charge in [-0.3, -0.25) is 19.9 Å². The second kappa shape index (κ2) is 5.22. The number of nitrogens with one attached hydrogen (secondary N) is 2. The largest absolute Gasteiger partial charge is 0.321 e. The molecule has 0 bridgehead atoms. The summed E-state index contributed by atoms with van der Waals surface area (Å²) in [6.45, 7) is 0. The minimum Gasteiger partial charge on any atom is -0.321 e. The van der Waals surface area contributed by atoms with Crippen LogP contribution in [0.15, 0.2) is 30.6 Å². The summed E-state index contributed by atoms with van der Waals surface area (Å²) < 4.78 is 0. The average Bonchev–Trinajstić information content (AvgIpc) is 2.99. The number of carbonyl (C=O) groups is 1. The van der Waals surface area contributed by atoms with Gasteiger partial charge in [-0.2, -0.15) is 5.10 Å². The molecule has 3 aromatic rings. The summed E-state index contributed by atoms with van der Waals surface area (Å²) in [5.74, 6) is -0.178. The molecule has 0 radical (unpaired) electrons. The molecule has 0 saturated heterocycles. The molecule has 1 aliphatic rings. The molecular weight excluding hydrogens is 278 g/mol. The van der Waals surface area contributed by atoms with Crippen LogP contribution in [0.25, 0.3) is 11.0 Å². The zero-order chi connectivity index (χ0) is 14.9. The molecule has 6 heteroatoms. The van der Waals surface area contributed by atoms with Crippen LogP contribution >= 0.6 is 0 Å². The van der Waals surface area contributed by atoms with Crippen LogP contribution in [0.2, 0.25) is 0 Å². The molecule has 2 heterocycles. The molecule has 1 aliphatic carbocycles. The van der Waals surface area contributed by atoms with Crippen molar-refractivity contribution >= 4 is 22.6 Å². The summed E-state index contributed by atoms with van der Waals surface area (Å²) in [4.78, 5) is 20.9. The molecule has 22 heavy (non-hydrogen) atoms. The summed E-state index contributed by atoms with van der Waals surface area (Å²) >= 11 is 0. The highest BCUT2D eigenvalue weighted by Gasteiger charge is 2.21. The van der Waals surface area contributed by atoms with Crippen LogP contribution in [0, 0.1) is 0 Å². The highest BCUT2D eigenvalue weighted by atomic mass is 16.1. The van der Waals surface area contributed by atoms with Crippen molar-refractivity contribution in [3.63, 3.8) is 0 Å². The molecule has 0 unspecified atom stereocenters. The number of fused-ring (bicyclic) bond motifs is 2. The van der Waals surface area contributed by atoms with Crippen molar-refractivity contribution in [2.24, 2.45) is 0 Å². The molecule has 2 N–H and O–H groups in total.